The van der Waals surface area contributed by atoms with Crippen LogP contribution in [0.5, 0.6) is 5.75 Å². The van der Waals surface area contributed by atoms with Gasteiger partial charge in [0, 0.05) is 36.5 Å². The molecule has 8 heteroatoms. The summed E-state index contributed by atoms with van der Waals surface area (Å²) >= 11 is 0. The van der Waals surface area contributed by atoms with Crippen LogP contribution in [0.25, 0.3) is 10.9 Å². The number of H-pyrrole nitrogens is 1. The standard InChI is InChI=1S/C36H36N6O2/c1-44-30-19-16-28(17-20-30)25-42-34(21-18-26-10-4-2-5-11-26)40-41-35(42)33(22-29-24-37-32-15-9-8-14-31(29)32)39-36(43)38-23-27-12-6-3-7-13-27/h2-17,19-20,24,33,37H,18,21-23,25H2,1H3,(H2,38,39,43). The first-order valence-electron chi connectivity index (χ1n) is 14.9. The molecule has 8 nitrogen and oxygen atoms in total. The van der Waals surface area contributed by atoms with Gasteiger partial charge in [0.2, 0.25) is 0 Å². The van der Waals surface area contributed by atoms with Crippen molar-refractivity contribution < 1.29 is 9.53 Å². The van der Waals surface area contributed by atoms with Gasteiger partial charge in [-0.05, 0) is 46.9 Å². The van der Waals surface area contributed by atoms with E-state index in [1.54, 1.807) is 7.11 Å². The first-order valence-corrected chi connectivity index (χ1v) is 14.9. The van der Waals surface area contributed by atoms with E-state index in [0.29, 0.717) is 31.8 Å². The number of ether oxygens (including phenoxy) is 1. The minimum Gasteiger partial charge on any atom is -0.497 e. The Morgan fingerprint density at radius 1 is 0.818 bits per heavy atom. The maximum absolute atomic E-state index is 13.3. The van der Waals surface area contributed by atoms with E-state index in [1.165, 1.54) is 5.56 Å². The van der Waals surface area contributed by atoms with E-state index in [2.05, 4.69) is 73.8 Å². The molecule has 3 N–H and O–H groups in total. The Labute approximate surface area is 257 Å². The number of amides is 2. The predicted octanol–water partition coefficient (Wildman–Crippen LogP) is 6.38. The molecule has 0 radical (unpaired) electrons. The number of carbonyl (C=O) groups excluding carboxylic acids is 1. The van der Waals surface area contributed by atoms with E-state index in [1.807, 2.05) is 66.9 Å². The summed E-state index contributed by atoms with van der Waals surface area (Å²) in [5.41, 5.74) is 5.51. The molecule has 44 heavy (non-hydrogen) atoms. The molecular formula is C36H36N6O2. The second-order valence-corrected chi connectivity index (χ2v) is 10.8. The molecule has 2 amide bonds. The number of hydrogen-bond acceptors (Lipinski definition) is 4. The zero-order valence-corrected chi connectivity index (χ0v) is 24.7. The molecule has 0 aliphatic rings. The predicted molar refractivity (Wildman–Crippen MR) is 173 cm³/mol. The summed E-state index contributed by atoms with van der Waals surface area (Å²) in [6.45, 7) is 0.988. The SMILES string of the molecule is COc1ccc(Cn2c(CCc3ccccc3)nnc2C(Cc2c[nH]c3ccccc23)NC(=O)NCc2ccccc2)cc1. The van der Waals surface area contributed by atoms with Gasteiger partial charge >= 0.3 is 6.03 Å². The largest absolute Gasteiger partial charge is 0.497 e. The molecule has 0 spiro atoms. The second kappa shape index (κ2) is 13.7. The third kappa shape index (κ3) is 6.98. The molecule has 6 rings (SSSR count). The number of aromatic nitrogens is 4. The molecule has 0 aliphatic heterocycles. The van der Waals surface area contributed by atoms with Crippen molar-refractivity contribution >= 4 is 16.9 Å². The van der Waals surface area contributed by atoms with Crippen molar-refractivity contribution in [1.82, 2.24) is 30.4 Å². The third-order valence-electron chi connectivity index (χ3n) is 7.85. The first kappa shape index (κ1) is 28.7. The zero-order valence-electron chi connectivity index (χ0n) is 24.7. The number of urea groups is 1. The van der Waals surface area contributed by atoms with Crippen LogP contribution in [0.4, 0.5) is 4.79 Å². The molecule has 1 atom stereocenters. The van der Waals surface area contributed by atoms with E-state index >= 15 is 0 Å². The Hall–Kier alpha value is -5.37. The fraction of sp³-hybridized carbons (Fsp3) is 0.194. The number of nitrogens with one attached hydrogen (secondary N) is 3. The summed E-state index contributed by atoms with van der Waals surface area (Å²) in [5.74, 6) is 2.38. The average molecular weight is 585 g/mol. The van der Waals surface area contributed by atoms with Gasteiger partial charge in [0.05, 0.1) is 19.7 Å². The van der Waals surface area contributed by atoms with Gasteiger partial charge in [-0.2, -0.15) is 0 Å². The minimum absolute atomic E-state index is 0.261. The molecule has 0 saturated heterocycles. The van der Waals surface area contributed by atoms with Crippen molar-refractivity contribution in [3.05, 3.63) is 149 Å². The van der Waals surface area contributed by atoms with E-state index < -0.39 is 6.04 Å². The van der Waals surface area contributed by atoms with Crippen LogP contribution in [0.1, 0.15) is 39.9 Å². The van der Waals surface area contributed by atoms with Gasteiger partial charge in [-0.1, -0.05) is 91.0 Å². The van der Waals surface area contributed by atoms with E-state index in [4.69, 9.17) is 9.84 Å². The number of rotatable bonds is 12. The van der Waals surface area contributed by atoms with Gasteiger partial charge in [0.25, 0.3) is 0 Å². The maximum Gasteiger partial charge on any atom is 0.315 e. The summed E-state index contributed by atoms with van der Waals surface area (Å²) < 4.78 is 7.54. The summed E-state index contributed by atoms with van der Waals surface area (Å²) in [7, 11) is 1.67. The van der Waals surface area contributed by atoms with Crippen molar-refractivity contribution in [2.75, 3.05) is 7.11 Å². The van der Waals surface area contributed by atoms with Gasteiger partial charge < -0.3 is 24.9 Å². The molecule has 6 aromatic rings. The summed E-state index contributed by atoms with van der Waals surface area (Å²) in [4.78, 5) is 16.7. The highest BCUT2D eigenvalue weighted by atomic mass is 16.5. The second-order valence-electron chi connectivity index (χ2n) is 10.8. The molecule has 0 aliphatic carbocycles. The molecular weight excluding hydrogens is 548 g/mol. The third-order valence-corrected chi connectivity index (χ3v) is 7.85. The lowest BCUT2D eigenvalue weighted by Gasteiger charge is -2.21. The van der Waals surface area contributed by atoms with Crippen molar-refractivity contribution in [2.45, 2.75) is 38.4 Å². The van der Waals surface area contributed by atoms with Gasteiger partial charge in [-0.15, -0.1) is 10.2 Å². The normalized spacial score (nSPS) is 11.8. The number of fused-ring (bicyclic) bond motifs is 1. The van der Waals surface area contributed by atoms with Crippen molar-refractivity contribution in [1.29, 1.82) is 0 Å². The topological polar surface area (TPSA) is 96.9 Å². The molecule has 2 aromatic heterocycles. The van der Waals surface area contributed by atoms with Gasteiger partial charge in [-0.3, -0.25) is 0 Å². The fourth-order valence-corrected chi connectivity index (χ4v) is 5.49. The number of methoxy groups -OCH3 is 1. The monoisotopic (exact) mass is 584 g/mol. The molecule has 0 bridgehead atoms. The number of aryl methyl sites for hydroxylation is 2. The fourth-order valence-electron chi connectivity index (χ4n) is 5.49. The highest BCUT2D eigenvalue weighted by Gasteiger charge is 2.25. The smallest absolute Gasteiger partial charge is 0.315 e. The Morgan fingerprint density at radius 2 is 1.52 bits per heavy atom. The number of para-hydroxylation sites is 1. The molecule has 0 fully saturated rings. The average Bonchev–Trinajstić information content (AvgIpc) is 3.67. The quantitative estimate of drug-likeness (QED) is 0.155. The van der Waals surface area contributed by atoms with Gasteiger partial charge in [-0.25, -0.2) is 4.79 Å². The highest BCUT2D eigenvalue weighted by Crippen LogP contribution is 2.26. The van der Waals surface area contributed by atoms with Crippen LogP contribution in [0.3, 0.4) is 0 Å². The van der Waals surface area contributed by atoms with Crippen molar-refractivity contribution in [3.63, 3.8) is 0 Å². The van der Waals surface area contributed by atoms with Gasteiger partial charge in [0.1, 0.15) is 11.6 Å². The molecule has 2 heterocycles. The molecule has 1 unspecified atom stereocenters. The molecule has 222 valence electrons. The molecule has 4 aromatic carbocycles. The Kier molecular flexibility index (Phi) is 8.97. The van der Waals surface area contributed by atoms with Crippen LogP contribution in [-0.4, -0.2) is 32.9 Å². The summed E-state index contributed by atoms with van der Waals surface area (Å²) in [6.07, 6.45) is 4.11. The zero-order chi connectivity index (χ0) is 30.1. The number of aromatic amines is 1. The van der Waals surface area contributed by atoms with Gasteiger partial charge in [0.15, 0.2) is 5.82 Å². The number of benzene rings is 4. The van der Waals surface area contributed by atoms with Crippen LogP contribution in [0, 0.1) is 0 Å². The van der Waals surface area contributed by atoms with E-state index in [0.717, 1.165) is 45.6 Å². The lowest BCUT2D eigenvalue weighted by molar-refractivity contribution is 0.235. The van der Waals surface area contributed by atoms with Crippen LogP contribution >= 0.6 is 0 Å². The van der Waals surface area contributed by atoms with Crippen molar-refractivity contribution in [3.8, 4) is 5.75 Å². The van der Waals surface area contributed by atoms with Crippen LogP contribution in [0.2, 0.25) is 0 Å². The van der Waals surface area contributed by atoms with E-state index in [-0.39, 0.29) is 6.03 Å². The Balaban J connectivity index is 1.33. The Bertz CT molecular complexity index is 1800. The van der Waals surface area contributed by atoms with E-state index in [9.17, 15) is 4.79 Å². The summed E-state index contributed by atoms with van der Waals surface area (Å²) in [5, 5.41) is 16.8. The van der Waals surface area contributed by atoms with Crippen LogP contribution in [0.15, 0.2) is 115 Å². The Morgan fingerprint density at radius 3 is 2.27 bits per heavy atom. The summed E-state index contributed by atoms with van der Waals surface area (Å²) in [6, 6.07) is 35.8. The van der Waals surface area contributed by atoms with Crippen LogP contribution in [-0.2, 0) is 32.4 Å². The lowest BCUT2D eigenvalue weighted by atomic mass is 10.0. The molecule has 0 saturated carbocycles. The van der Waals surface area contributed by atoms with Crippen molar-refractivity contribution in [2.24, 2.45) is 0 Å². The lowest BCUT2D eigenvalue weighted by Crippen LogP contribution is -2.39. The van der Waals surface area contributed by atoms with Crippen LogP contribution < -0.4 is 15.4 Å². The first-order chi connectivity index (χ1) is 21.7. The number of hydrogen-bond donors (Lipinski definition) is 3. The number of nitrogens with zero attached hydrogens (tertiary/aromatic N) is 3. The maximum atomic E-state index is 13.3. The highest BCUT2D eigenvalue weighted by molar-refractivity contribution is 5.83. The minimum atomic E-state index is -0.429. The number of carbonyl (C=O) groups is 1.